The van der Waals surface area contributed by atoms with Crippen molar-refractivity contribution in [2.45, 2.75) is 32.2 Å². The van der Waals surface area contributed by atoms with Crippen molar-refractivity contribution >= 4 is 17.3 Å². The van der Waals surface area contributed by atoms with Gasteiger partial charge in [0.2, 0.25) is 0 Å². The Kier molecular flexibility index (Phi) is 5.70. The second kappa shape index (κ2) is 7.30. The Morgan fingerprint density at radius 1 is 1.45 bits per heavy atom. The molecule has 0 saturated carbocycles. The van der Waals surface area contributed by atoms with Crippen molar-refractivity contribution < 1.29 is 0 Å². The van der Waals surface area contributed by atoms with Crippen LogP contribution in [0.1, 0.15) is 25.3 Å². The molecule has 1 aromatic carbocycles. The number of halogens is 1. The van der Waals surface area contributed by atoms with E-state index in [4.69, 9.17) is 17.3 Å². The second-order valence-corrected chi connectivity index (χ2v) is 6.05. The molecule has 0 spiro atoms. The molecule has 1 atom stereocenters. The lowest BCUT2D eigenvalue weighted by molar-refractivity contribution is 0.270. The van der Waals surface area contributed by atoms with Crippen molar-refractivity contribution in [1.29, 1.82) is 0 Å². The molecule has 1 aromatic rings. The molecule has 4 heteroatoms. The highest BCUT2D eigenvalue weighted by atomic mass is 35.5. The maximum atomic E-state index is 6.17. The summed E-state index contributed by atoms with van der Waals surface area (Å²) in [4.78, 5) is 4.92. The third-order valence-corrected chi connectivity index (χ3v) is 4.50. The van der Waals surface area contributed by atoms with Crippen molar-refractivity contribution in [3.05, 3.63) is 28.8 Å². The zero-order chi connectivity index (χ0) is 14.5. The molecule has 0 amide bonds. The number of hydrogen-bond acceptors (Lipinski definition) is 3. The van der Waals surface area contributed by atoms with Gasteiger partial charge >= 0.3 is 0 Å². The third kappa shape index (κ3) is 3.66. The summed E-state index contributed by atoms with van der Waals surface area (Å²) in [5.74, 6) is 0. The number of likely N-dealkylation sites (N-methyl/N-ethyl adjacent to an activating group) is 2. The first-order chi connectivity index (χ1) is 9.65. The summed E-state index contributed by atoms with van der Waals surface area (Å²) in [7, 11) is 2.16. The minimum atomic E-state index is 0.662. The average molecular weight is 296 g/mol. The van der Waals surface area contributed by atoms with Crippen LogP contribution < -0.4 is 10.6 Å². The monoisotopic (exact) mass is 295 g/mol. The Morgan fingerprint density at radius 3 is 2.95 bits per heavy atom. The summed E-state index contributed by atoms with van der Waals surface area (Å²) in [6.45, 7) is 6.36. The van der Waals surface area contributed by atoms with Gasteiger partial charge < -0.3 is 10.6 Å². The Morgan fingerprint density at radius 2 is 2.25 bits per heavy atom. The van der Waals surface area contributed by atoms with Crippen molar-refractivity contribution in [3.63, 3.8) is 0 Å². The zero-order valence-electron chi connectivity index (χ0n) is 12.6. The molecule has 1 saturated heterocycles. The van der Waals surface area contributed by atoms with Crippen molar-refractivity contribution in [1.82, 2.24) is 4.90 Å². The quantitative estimate of drug-likeness (QED) is 0.876. The van der Waals surface area contributed by atoms with E-state index >= 15 is 0 Å². The molecule has 2 rings (SSSR count). The SMILES string of the molecule is CCN1CCCC1CN(C)c1cc(Cl)ccc1CCN. The van der Waals surface area contributed by atoms with E-state index in [1.807, 2.05) is 6.07 Å². The van der Waals surface area contributed by atoms with Crippen molar-refractivity contribution in [2.75, 3.05) is 38.1 Å². The Balaban J connectivity index is 2.11. The fourth-order valence-electron chi connectivity index (χ4n) is 3.19. The van der Waals surface area contributed by atoms with Gasteiger partial charge in [0.25, 0.3) is 0 Å². The van der Waals surface area contributed by atoms with Crippen LogP contribution in [0.3, 0.4) is 0 Å². The van der Waals surface area contributed by atoms with Crippen LogP contribution in [0.15, 0.2) is 18.2 Å². The summed E-state index contributed by atoms with van der Waals surface area (Å²) in [6, 6.07) is 6.79. The van der Waals surface area contributed by atoms with Crippen LogP contribution in [0.2, 0.25) is 5.02 Å². The number of rotatable bonds is 6. The van der Waals surface area contributed by atoms with Crippen LogP contribution in [0.4, 0.5) is 5.69 Å². The smallest absolute Gasteiger partial charge is 0.0426 e. The van der Waals surface area contributed by atoms with E-state index in [2.05, 4.69) is 35.9 Å². The molecule has 2 N–H and O–H groups in total. The molecular weight excluding hydrogens is 270 g/mol. The molecule has 1 unspecified atom stereocenters. The molecule has 0 aliphatic carbocycles. The number of likely N-dealkylation sites (tertiary alicyclic amines) is 1. The molecule has 1 aliphatic rings. The average Bonchev–Trinajstić information content (AvgIpc) is 2.88. The number of anilines is 1. The van der Waals surface area contributed by atoms with E-state index < -0.39 is 0 Å². The van der Waals surface area contributed by atoms with Gasteiger partial charge in [-0.15, -0.1) is 0 Å². The molecule has 0 radical (unpaired) electrons. The first-order valence-corrected chi connectivity index (χ1v) is 7.97. The standard InChI is InChI=1S/C16H26ClN3/c1-3-20-10-4-5-15(20)12-19(2)16-11-14(17)7-6-13(16)8-9-18/h6-7,11,15H,3-5,8-10,12,18H2,1-2H3. The van der Waals surface area contributed by atoms with E-state index in [0.717, 1.165) is 24.5 Å². The summed E-state index contributed by atoms with van der Waals surface area (Å²) in [5, 5.41) is 0.798. The topological polar surface area (TPSA) is 32.5 Å². The highest BCUT2D eigenvalue weighted by Crippen LogP contribution is 2.26. The molecule has 20 heavy (non-hydrogen) atoms. The van der Waals surface area contributed by atoms with Crippen LogP contribution in [0, 0.1) is 0 Å². The molecule has 0 bridgehead atoms. The Labute approximate surface area is 127 Å². The lowest BCUT2D eigenvalue weighted by Crippen LogP contribution is -2.39. The highest BCUT2D eigenvalue weighted by molar-refractivity contribution is 6.30. The van der Waals surface area contributed by atoms with E-state index in [0.29, 0.717) is 12.6 Å². The van der Waals surface area contributed by atoms with Crippen LogP contribution in [0.25, 0.3) is 0 Å². The maximum Gasteiger partial charge on any atom is 0.0426 e. The third-order valence-electron chi connectivity index (χ3n) is 4.26. The fourth-order valence-corrected chi connectivity index (χ4v) is 3.36. The minimum Gasteiger partial charge on any atom is -0.373 e. The summed E-state index contributed by atoms with van der Waals surface area (Å²) >= 11 is 6.17. The minimum absolute atomic E-state index is 0.662. The summed E-state index contributed by atoms with van der Waals surface area (Å²) in [5.41, 5.74) is 8.23. The molecule has 0 aromatic heterocycles. The van der Waals surface area contributed by atoms with Gasteiger partial charge in [-0.05, 0) is 56.6 Å². The lowest BCUT2D eigenvalue weighted by Gasteiger charge is -2.30. The largest absolute Gasteiger partial charge is 0.373 e. The van der Waals surface area contributed by atoms with Gasteiger partial charge in [-0.3, -0.25) is 4.90 Å². The van der Waals surface area contributed by atoms with Gasteiger partial charge in [0.15, 0.2) is 0 Å². The van der Waals surface area contributed by atoms with Crippen LogP contribution in [-0.4, -0.2) is 44.2 Å². The molecule has 1 heterocycles. The van der Waals surface area contributed by atoms with Gasteiger partial charge in [0.05, 0.1) is 0 Å². The number of nitrogens with zero attached hydrogens (tertiary/aromatic N) is 2. The van der Waals surface area contributed by atoms with Gasteiger partial charge in [0.1, 0.15) is 0 Å². The lowest BCUT2D eigenvalue weighted by atomic mass is 10.1. The van der Waals surface area contributed by atoms with E-state index in [-0.39, 0.29) is 0 Å². The van der Waals surface area contributed by atoms with E-state index in [1.54, 1.807) is 0 Å². The van der Waals surface area contributed by atoms with E-state index in [1.165, 1.54) is 30.6 Å². The molecular formula is C16H26ClN3. The summed E-state index contributed by atoms with van der Waals surface area (Å²) < 4.78 is 0. The van der Waals surface area contributed by atoms with Gasteiger partial charge in [-0.25, -0.2) is 0 Å². The molecule has 1 fully saturated rings. The van der Waals surface area contributed by atoms with Crippen LogP contribution in [0.5, 0.6) is 0 Å². The first-order valence-electron chi connectivity index (χ1n) is 7.59. The zero-order valence-corrected chi connectivity index (χ0v) is 13.4. The van der Waals surface area contributed by atoms with Gasteiger partial charge in [0, 0.05) is 30.3 Å². The summed E-state index contributed by atoms with van der Waals surface area (Å²) in [6.07, 6.45) is 3.52. The predicted molar refractivity (Wildman–Crippen MR) is 87.7 cm³/mol. The maximum absolute atomic E-state index is 6.17. The predicted octanol–water partition coefficient (Wildman–Crippen LogP) is 2.76. The van der Waals surface area contributed by atoms with Gasteiger partial charge in [-0.2, -0.15) is 0 Å². The second-order valence-electron chi connectivity index (χ2n) is 5.62. The first kappa shape index (κ1) is 15.6. The molecule has 3 nitrogen and oxygen atoms in total. The van der Waals surface area contributed by atoms with Gasteiger partial charge in [-0.1, -0.05) is 24.6 Å². The molecule has 1 aliphatic heterocycles. The Bertz CT molecular complexity index is 436. The Hall–Kier alpha value is -0.770. The normalized spacial score (nSPS) is 19.5. The highest BCUT2D eigenvalue weighted by Gasteiger charge is 2.24. The number of benzene rings is 1. The van der Waals surface area contributed by atoms with Crippen molar-refractivity contribution in [3.8, 4) is 0 Å². The van der Waals surface area contributed by atoms with Crippen molar-refractivity contribution in [2.24, 2.45) is 5.73 Å². The van der Waals surface area contributed by atoms with Crippen LogP contribution in [-0.2, 0) is 6.42 Å². The number of hydrogen-bond donors (Lipinski definition) is 1. The van der Waals surface area contributed by atoms with E-state index in [9.17, 15) is 0 Å². The van der Waals surface area contributed by atoms with Crippen LogP contribution >= 0.6 is 11.6 Å². The molecule has 112 valence electrons. The number of nitrogens with two attached hydrogens (primary N) is 1. The fraction of sp³-hybridized carbons (Fsp3) is 0.625.